The Morgan fingerprint density at radius 2 is 2.06 bits per heavy atom. The first-order chi connectivity index (χ1) is 8.66. The maximum absolute atomic E-state index is 5.56. The summed E-state index contributed by atoms with van der Waals surface area (Å²) in [5, 5.41) is 4.40. The van der Waals surface area contributed by atoms with E-state index >= 15 is 0 Å². The van der Waals surface area contributed by atoms with Crippen LogP contribution >= 0.6 is 0 Å². The molecule has 1 aromatic rings. The van der Waals surface area contributed by atoms with Crippen LogP contribution in [0.1, 0.15) is 64.9 Å². The van der Waals surface area contributed by atoms with Gasteiger partial charge < -0.3 is 5.73 Å². The van der Waals surface area contributed by atoms with E-state index in [1.807, 2.05) is 10.9 Å². The first-order valence-corrected chi connectivity index (χ1v) is 7.39. The number of hydrogen-bond acceptors (Lipinski definition) is 2. The highest BCUT2D eigenvalue weighted by molar-refractivity contribution is 5.17. The highest BCUT2D eigenvalue weighted by Crippen LogP contribution is 2.32. The number of hydrogen-bond donors (Lipinski definition) is 1. The van der Waals surface area contributed by atoms with Gasteiger partial charge in [0.15, 0.2) is 0 Å². The lowest BCUT2D eigenvalue weighted by Crippen LogP contribution is -2.20. The normalized spacial score (nSPS) is 14.7. The SMILES string of the molecule is CCCCCCC(C)(CC)c1cnn(CCN)c1. The van der Waals surface area contributed by atoms with Gasteiger partial charge in [0.2, 0.25) is 0 Å². The van der Waals surface area contributed by atoms with Crippen molar-refractivity contribution in [1.82, 2.24) is 9.78 Å². The molecule has 3 nitrogen and oxygen atoms in total. The smallest absolute Gasteiger partial charge is 0.0531 e. The Labute approximate surface area is 112 Å². The van der Waals surface area contributed by atoms with Crippen molar-refractivity contribution in [3.63, 3.8) is 0 Å². The molecule has 1 aromatic heterocycles. The van der Waals surface area contributed by atoms with Gasteiger partial charge in [0.05, 0.1) is 12.7 Å². The fourth-order valence-corrected chi connectivity index (χ4v) is 2.40. The molecule has 1 unspecified atom stereocenters. The Morgan fingerprint density at radius 3 is 2.67 bits per heavy atom. The molecule has 0 fully saturated rings. The van der Waals surface area contributed by atoms with Gasteiger partial charge in [-0.05, 0) is 23.8 Å². The minimum absolute atomic E-state index is 0.278. The van der Waals surface area contributed by atoms with E-state index in [1.54, 1.807) is 0 Å². The van der Waals surface area contributed by atoms with Crippen molar-refractivity contribution in [2.45, 2.75) is 71.3 Å². The quantitative estimate of drug-likeness (QED) is 0.683. The molecule has 0 aromatic carbocycles. The lowest BCUT2D eigenvalue weighted by Gasteiger charge is -2.27. The van der Waals surface area contributed by atoms with Crippen LogP contribution in [-0.2, 0) is 12.0 Å². The maximum Gasteiger partial charge on any atom is 0.0531 e. The van der Waals surface area contributed by atoms with Crippen molar-refractivity contribution in [1.29, 1.82) is 0 Å². The van der Waals surface area contributed by atoms with Crippen molar-refractivity contribution < 1.29 is 0 Å². The summed E-state index contributed by atoms with van der Waals surface area (Å²) in [6, 6.07) is 0. The van der Waals surface area contributed by atoms with Gasteiger partial charge in [-0.2, -0.15) is 5.10 Å². The van der Waals surface area contributed by atoms with Crippen LogP contribution in [0, 0.1) is 0 Å². The minimum Gasteiger partial charge on any atom is -0.329 e. The lowest BCUT2D eigenvalue weighted by atomic mass is 9.77. The van der Waals surface area contributed by atoms with Gasteiger partial charge in [-0.3, -0.25) is 4.68 Å². The van der Waals surface area contributed by atoms with Gasteiger partial charge in [-0.15, -0.1) is 0 Å². The van der Waals surface area contributed by atoms with E-state index in [-0.39, 0.29) is 5.41 Å². The number of aromatic nitrogens is 2. The van der Waals surface area contributed by atoms with Crippen LogP contribution in [0.2, 0.25) is 0 Å². The van der Waals surface area contributed by atoms with E-state index in [2.05, 4.69) is 32.1 Å². The van der Waals surface area contributed by atoms with E-state index in [1.165, 1.54) is 44.1 Å². The molecule has 104 valence electrons. The molecule has 18 heavy (non-hydrogen) atoms. The Bertz CT molecular complexity index is 332. The summed E-state index contributed by atoms with van der Waals surface area (Å²) in [5.74, 6) is 0. The van der Waals surface area contributed by atoms with E-state index in [4.69, 9.17) is 5.73 Å². The molecule has 0 aliphatic rings. The second-order valence-corrected chi connectivity index (χ2v) is 5.51. The molecule has 0 amide bonds. The molecular weight excluding hydrogens is 222 g/mol. The summed E-state index contributed by atoms with van der Waals surface area (Å²) in [5.41, 5.74) is 7.21. The van der Waals surface area contributed by atoms with Crippen LogP contribution in [0.5, 0.6) is 0 Å². The summed E-state index contributed by atoms with van der Waals surface area (Å²) < 4.78 is 1.97. The Hall–Kier alpha value is -0.830. The molecule has 0 aliphatic carbocycles. The third kappa shape index (κ3) is 4.13. The van der Waals surface area contributed by atoms with Crippen molar-refractivity contribution in [3.8, 4) is 0 Å². The standard InChI is InChI=1S/C15H29N3/c1-4-6-7-8-9-15(3,5-2)14-12-17-18(13-14)11-10-16/h12-13H,4-11,16H2,1-3H3. The highest BCUT2D eigenvalue weighted by atomic mass is 15.3. The van der Waals surface area contributed by atoms with Crippen LogP contribution in [0.15, 0.2) is 12.4 Å². The number of nitrogens with zero attached hydrogens (tertiary/aromatic N) is 2. The summed E-state index contributed by atoms with van der Waals surface area (Å²) in [6.45, 7) is 8.37. The summed E-state index contributed by atoms with van der Waals surface area (Å²) >= 11 is 0. The minimum atomic E-state index is 0.278. The molecule has 2 N–H and O–H groups in total. The fraction of sp³-hybridized carbons (Fsp3) is 0.800. The third-order valence-corrected chi connectivity index (χ3v) is 4.05. The topological polar surface area (TPSA) is 43.8 Å². The monoisotopic (exact) mass is 251 g/mol. The Morgan fingerprint density at radius 1 is 1.28 bits per heavy atom. The molecule has 0 aliphatic heterocycles. The molecule has 0 spiro atoms. The third-order valence-electron chi connectivity index (χ3n) is 4.05. The summed E-state index contributed by atoms with van der Waals surface area (Å²) in [4.78, 5) is 0. The van der Waals surface area contributed by atoms with E-state index < -0.39 is 0 Å². The van der Waals surface area contributed by atoms with Gasteiger partial charge in [-0.1, -0.05) is 46.5 Å². The van der Waals surface area contributed by atoms with Crippen LogP contribution in [0.4, 0.5) is 0 Å². The lowest BCUT2D eigenvalue weighted by molar-refractivity contribution is 0.395. The summed E-state index contributed by atoms with van der Waals surface area (Å²) in [7, 11) is 0. The molecular formula is C15H29N3. The van der Waals surface area contributed by atoms with E-state index in [0.29, 0.717) is 6.54 Å². The molecule has 1 atom stereocenters. The van der Waals surface area contributed by atoms with E-state index in [0.717, 1.165) is 6.54 Å². The largest absolute Gasteiger partial charge is 0.329 e. The molecule has 3 heteroatoms. The first kappa shape index (κ1) is 15.2. The van der Waals surface area contributed by atoms with Crippen molar-refractivity contribution in [2.75, 3.05) is 6.54 Å². The van der Waals surface area contributed by atoms with Gasteiger partial charge in [0, 0.05) is 12.7 Å². The van der Waals surface area contributed by atoms with Gasteiger partial charge in [-0.25, -0.2) is 0 Å². The first-order valence-electron chi connectivity index (χ1n) is 7.39. The molecule has 0 radical (unpaired) electrons. The van der Waals surface area contributed by atoms with Gasteiger partial charge >= 0.3 is 0 Å². The van der Waals surface area contributed by atoms with Gasteiger partial charge in [0.25, 0.3) is 0 Å². The van der Waals surface area contributed by atoms with Crippen LogP contribution < -0.4 is 5.73 Å². The van der Waals surface area contributed by atoms with E-state index in [9.17, 15) is 0 Å². The summed E-state index contributed by atoms with van der Waals surface area (Å²) in [6.07, 6.45) is 12.0. The molecule has 0 saturated heterocycles. The number of rotatable bonds is 9. The van der Waals surface area contributed by atoms with Crippen LogP contribution in [0.25, 0.3) is 0 Å². The van der Waals surface area contributed by atoms with Crippen molar-refractivity contribution in [2.24, 2.45) is 5.73 Å². The van der Waals surface area contributed by atoms with Crippen LogP contribution in [0.3, 0.4) is 0 Å². The zero-order valence-electron chi connectivity index (χ0n) is 12.3. The van der Waals surface area contributed by atoms with Crippen molar-refractivity contribution in [3.05, 3.63) is 18.0 Å². The average molecular weight is 251 g/mol. The maximum atomic E-state index is 5.56. The molecule has 0 saturated carbocycles. The Kier molecular flexibility index (Phi) is 6.41. The number of nitrogens with two attached hydrogens (primary N) is 1. The van der Waals surface area contributed by atoms with Crippen molar-refractivity contribution >= 4 is 0 Å². The predicted octanol–water partition coefficient (Wildman–Crippen LogP) is 3.48. The van der Waals surface area contributed by atoms with Crippen LogP contribution in [-0.4, -0.2) is 16.3 Å². The fourth-order valence-electron chi connectivity index (χ4n) is 2.40. The second-order valence-electron chi connectivity index (χ2n) is 5.51. The molecule has 0 bridgehead atoms. The second kappa shape index (κ2) is 7.57. The average Bonchev–Trinajstić information content (AvgIpc) is 2.84. The predicted molar refractivity (Wildman–Crippen MR) is 77.7 cm³/mol. The van der Waals surface area contributed by atoms with Gasteiger partial charge in [0.1, 0.15) is 0 Å². The highest BCUT2D eigenvalue weighted by Gasteiger charge is 2.25. The molecule has 1 heterocycles. The number of unbranched alkanes of at least 4 members (excludes halogenated alkanes) is 3. The molecule has 1 rings (SSSR count). The zero-order valence-corrected chi connectivity index (χ0v) is 12.3. The zero-order chi connectivity index (χ0) is 13.4. The Balaban J connectivity index is 2.60.